The molecule has 2 heterocycles. The largest absolute Gasteiger partial charge is 0.369 e. The topological polar surface area (TPSA) is 62.5 Å². The Labute approximate surface area is 105 Å². The summed E-state index contributed by atoms with van der Waals surface area (Å²) in [6.45, 7) is 5.12. The Balaban J connectivity index is 2.01. The Bertz CT molecular complexity index is 444. The van der Waals surface area contributed by atoms with Crippen LogP contribution in [-0.4, -0.2) is 48.5 Å². The first kappa shape index (κ1) is 12.8. The van der Waals surface area contributed by atoms with Crippen LogP contribution in [0, 0.1) is 12.9 Å². The van der Waals surface area contributed by atoms with Crippen molar-refractivity contribution in [2.24, 2.45) is 5.73 Å². The summed E-state index contributed by atoms with van der Waals surface area (Å²) in [4.78, 5) is 18.8. The molecular weight excluding hydrogens is 235 g/mol. The molecule has 1 aliphatic heterocycles. The number of nitrogens with two attached hydrogens (primary N) is 1. The SMILES string of the molecule is Cc1ccc(F)nc1N1CCN(CC(N)=O)CC1. The van der Waals surface area contributed by atoms with Gasteiger partial charge in [0.1, 0.15) is 5.82 Å². The summed E-state index contributed by atoms with van der Waals surface area (Å²) in [7, 11) is 0. The molecule has 0 radical (unpaired) electrons. The molecule has 1 aromatic heterocycles. The molecule has 6 heteroatoms. The summed E-state index contributed by atoms with van der Waals surface area (Å²) in [6, 6.07) is 3.09. The van der Waals surface area contributed by atoms with Gasteiger partial charge < -0.3 is 10.6 Å². The second-order valence-electron chi connectivity index (χ2n) is 4.50. The van der Waals surface area contributed by atoms with Crippen molar-refractivity contribution in [2.75, 3.05) is 37.6 Å². The molecule has 18 heavy (non-hydrogen) atoms. The maximum Gasteiger partial charge on any atom is 0.231 e. The zero-order valence-corrected chi connectivity index (χ0v) is 10.4. The molecule has 0 aromatic carbocycles. The second-order valence-corrected chi connectivity index (χ2v) is 4.50. The monoisotopic (exact) mass is 252 g/mol. The Morgan fingerprint density at radius 2 is 2.06 bits per heavy atom. The lowest BCUT2D eigenvalue weighted by Crippen LogP contribution is -2.49. The Morgan fingerprint density at radius 3 is 2.67 bits per heavy atom. The van der Waals surface area contributed by atoms with Gasteiger partial charge in [0.15, 0.2) is 0 Å². The lowest BCUT2D eigenvalue weighted by Gasteiger charge is -2.35. The number of hydrogen-bond acceptors (Lipinski definition) is 4. The van der Waals surface area contributed by atoms with Crippen molar-refractivity contribution in [1.29, 1.82) is 0 Å². The number of anilines is 1. The number of rotatable bonds is 3. The van der Waals surface area contributed by atoms with E-state index in [0.717, 1.165) is 31.7 Å². The van der Waals surface area contributed by atoms with Crippen molar-refractivity contribution < 1.29 is 9.18 Å². The minimum absolute atomic E-state index is 0.281. The fourth-order valence-electron chi connectivity index (χ4n) is 2.15. The van der Waals surface area contributed by atoms with E-state index >= 15 is 0 Å². The number of aromatic nitrogens is 1. The van der Waals surface area contributed by atoms with Crippen LogP contribution in [0.3, 0.4) is 0 Å². The zero-order chi connectivity index (χ0) is 13.1. The maximum absolute atomic E-state index is 13.1. The number of nitrogens with zero attached hydrogens (tertiary/aromatic N) is 3. The number of carbonyl (C=O) groups excluding carboxylic acids is 1. The summed E-state index contributed by atoms with van der Waals surface area (Å²) in [5.74, 6) is -0.0904. The van der Waals surface area contributed by atoms with Gasteiger partial charge in [0, 0.05) is 26.2 Å². The van der Waals surface area contributed by atoms with Gasteiger partial charge in [0.2, 0.25) is 11.9 Å². The molecule has 0 spiro atoms. The van der Waals surface area contributed by atoms with Crippen LogP contribution >= 0.6 is 0 Å². The van der Waals surface area contributed by atoms with Crippen molar-refractivity contribution in [3.63, 3.8) is 0 Å². The van der Waals surface area contributed by atoms with Gasteiger partial charge in [-0.2, -0.15) is 4.39 Å². The van der Waals surface area contributed by atoms with Gasteiger partial charge in [0.25, 0.3) is 0 Å². The number of primary amides is 1. The first-order valence-electron chi connectivity index (χ1n) is 5.95. The van der Waals surface area contributed by atoms with Gasteiger partial charge in [-0.05, 0) is 18.6 Å². The molecule has 2 rings (SSSR count). The summed E-state index contributed by atoms with van der Waals surface area (Å²) < 4.78 is 13.1. The van der Waals surface area contributed by atoms with E-state index < -0.39 is 5.95 Å². The van der Waals surface area contributed by atoms with Crippen LogP contribution in [0.5, 0.6) is 0 Å². The van der Waals surface area contributed by atoms with Gasteiger partial charge in [-0.15, -0.1) is 0 Å². The third-order valence-corrected chi connectivity index (χ3v) is 3.09. The van der Waals surface area contributed by atoms with Crippen molar-refractivity contribution in [3.8, 4) is 0 Å². The highest BCUT2D eigenvalue weighted by molar-refractivity contribution is 5.75. The van der Waals surface area contributed by atoms with Gasteiger partial charge in [-0.1, -0.05) is 6.07 Å². The predicted molar refractivity (Wildman–Crippen MR) is 66.8 cm³/mol. The van der Waals surface area contributed by atoms with E-state index in [4.69, 9.17) is 5.73 Å². The van der Waals surface area contributed by atoms with E-state index in [9.17, 15) is 9.18 Å². The first-order chi connectivity index (χ1) is 8.56. The number of aryl methyl sites for hydroxylation is 1. The molecule has 1 saturated heterocycles. The normalized spacial score (nSPS) is 16.9. The molecule has 0 unspecified atom stereocenters. The van der Waals surface area contributed by atoms with E-state index in [2.05, 4.69) is 4.98 Å². The molecule has 0 saturated carbocycles. The quantitative estimate of drug-likeness (QED) is 0.777. The molecule has 2 N–H and O–H groups in total. The summed E-state index contributed by atoms with van der Waals surface area (Å²) >= 11 is 0. The standard InChI is InChI=1S/C12H17FN4O/c1-9-2-3-10(13)15-12(9)17-6-4-16(5-7-17)8-11(14)18/h2-3H,4-8H2,1H3,(H2,14,18). The highest BCUT2D eigenvalue weighted by Gasteiger charge is 2.20. The van der Waals surface area contributed by atoms with Crippen LogP contribution in [0.1, 0.15) is 5.56 Å². The van der Waals surface area contributed by atoms with Crippen molar-refractivity contribution >= 4 is 11.7 Å². The van der Waals surface area contributed by atoms with Gasteiger partial charge in [-0.25, -0.2) is 4.98 Å². The second kappa shape index (κ2) is 5.30. The summed E-state index contributed by atoms with van der Waals surface area (Å²) in [5.41, 5.74) is 6.12. The van der Waals surface area contributed by atoms with Gasteiger partial charge >= 0.3 is 0 Å². The molecule has 1 amide bonds. The number of piperazine rings is 1. The summed E-state index contributed by atoms with van der Waals surface area (Å²) in [6.07, 6.45) is 0. The van der Waals surface area contributed by atoms with Crippen LogP contribution in [-0.2, 0) is 4.79 Å². The van der Waals surface area contributed by atoms with Crippen molar-refractivity contribution in [1.82, 2.24) is 9.88 Å². The number of pyridine rings is 1. The molecule has 1 aliphatic rings. The fourth-order valence-corrected chi connectivity index (χ4v) is 2.15. The van der Waals surface area contributed by atoms with Crippen molar-refractivity contribution in [2.45, 2.75) is 6.92 Å². The van der Waals surface area contributed by atoms with Crippen LogP contribution in [0.2, 0.25) is 0 Å². The van der Waals surface area contributed by atoms with Crippen LogP contribution in [0.25, 0.3) is 0 Å². The van der Waals surface area contributed by atoms with Gasteiger partial charge in [0.05, 0.1) is 6.54 Å². The van der Waals surface area contributed by atoms with Crippen molar-refractivity contribution in [3.05, 3.63) is 23.6 Å². The molecule has 0 bridgehead atoms. The lowest BCUT2D eigenvalue weighted by atomic mass is 10.2. The van der Waals surface area contributed by atoms with Crippen LogP contribution in [0.4, 0.5) is 10.2 Å². The molecule has 1 fully saturated rings. The maximum atomic E-state index is 13.1. The highest BCUT2D eigenvalue weighted by atomic mass is 19.1. The fraction of sp³-hybridized carbons (Fsp3) is 0.500. The average molecular weight is 252 g/mol. The van der Waals surface area contributed by atoms with Crippen LogP contribution < -0.4 is 10.6 Å². The molecular formula is C12H17FN4O. The molecule has 0 atom stereocenters. The summed E-state index contributed by atoms with van der Waals surface area (Å²) in [5, 5.41) is 0. The molecule has 5 nitrogen and oxygen atoms in total. The predicted octanol–water partition coefficient (Wildman–Crippen LogP) is 0.136. The van der Waals surface area contributed by atoms with E-state index in [1.807, 2.05) is 16.7 Å². The molecule has 98 valence electrons. The van der Waals surface area contributed by atoms with E-state index in [-0.39, 0.29) is 12.5 Å². The number of carbonyl (C=O) groups is 1. The Hall–Kier alpha value is -1.69. The lowest BCUT2D eigenvalue weighted by molar-refractivity contribution is -0.119. The molecule has 1 aromatic rings. The van der Waals surface area contributed by atoms with E-state index in [0.29, 0.717) is 5.82 Å². The Kier molecular flexibility index (Phi) is 3.76. The number of halogens is 1. The third-order valence-electron chi connectivity index (χ3n) is 3.09. The average Bonchev–Trinajstić information content (AvgIpc) is 2.33. The highest BCUT2D eigenvalue weighted by Crippen LogP contribution is 2.18. The van der Waals surface area contributed by atoms with Crippen LogP contribution in [0.15, 0.2) is 12.1 Å². The van der Waals surface area contributed by atoms with E-state index in [1.165, 1.54) is 6.07 Å². The first-order valence-corrected chi connectivity index (χ1v) is 5.95. The number of hydrogen-bond donors (Lipinski definition) is 1. The minimum Gasteiger partial charge on any atom is -0.369 e. The van der Waals surface area contributed by atoms with Gasteiger partial charge in [-0.3, -0.25) is 9.69 Å². The Morgan fingerprint density at radius 1 is 1.39 bits per heavy atom. The van der Waals surface area contributed by atoms with E-state index in [1.54, 1.807) is 6.07 Å². The smallest absolute Gasteiger partial charge is 0.231 e. The molecule has 0 aliphatic carbocycles. The zero-order valence-electron chi connectivity index (χ0n) is 10.4. The third kappa shape index (κ3) is 2.95. The number of amides is 1. The minimum atomic E-state index is -0.463.